The number of ether oxygens (including phenoxy) is 4. The molecular formula is C45H47N7O7. The van der Waals surface area contributed by atoms with Crippen molar-refractivity contribution in [3.8, 4) is 62.9 Å². The first-order valence-corrected chi connectivity index (χ1v) is 20.4. The molecule has 1 aliphatic heterocycles. The highest BCUT2D eigenvalue weighted by Gasteiger charge is 2.31. The van der Waals surface area contributed by atoms with Gasteiger partial charge >= 0.3 is 0 Å². The second-order valence-corrected chi connectivity index (χ2v) is 14.9. The zero-order valence-electron chi connectivity index (χ0n) is 33.4. The average molecular weight is 798 g/mol. The van der Waals surface area contributed by atoms with E-state index in [4.69, 9.17) is 43.7 Å². The molecule has 2 aromatic heterocycles. The summed E-state index contributed by atoms with van der Waals surface area (Å²) in [6.45, 7) is 8.82. The van der Waals surface area contributed by atoms with E-state index < -0.39 is 6.29 Å². The maximum Gasteiger partial charge on any atom is 0.258 e. The number of nitrogens with zero attached hydrogens (tertiary/aromatic N) is 5. The molecule has 3 heterocycles. The van der Waals surface area contributed by atoms with Gasteiger partial charge in [-0.1, -0.05) is 46.7 Å². The highest BCUT2D eigenvalue weighted by Crippen LogP contribution is 2.42. The number of nitrogens with two attached hydrogens (primary N) is 1. The number of hydrogen-bond donors (Lipinski definition) is 2. The quantitative estimate of drug-likeness (QED) is 0.0764. The molecule has 6 aromatic rings. The van der Waals surface area contributed by atoms with Crippen molar-refractivity contribution in [2.45, 2.75) is 71.3 Å². The molecule has 14 heteroatoms. The lowest BCUT2D eigenvalue weighted by atomic mass is 10.0. The Morgan fingerprint density at radius 2 is 1.44 bits per heavy atom. The van der Waals surface area contributed by atoms with Crippen LogP contribution in [0.3, 0.4) is 0 Å². The molecule has 14 nitrogen and oxygen atoms in total. The largest absolute Gasteiger partial charge is 0.490 e. The maximum atomic E-state index is 12.4. The van der Waals surface area contributed by atoms with Crippen molar-refractivity contribution in [2.75, 3.05) is 38.6 Å². The van der Waals surface area contributed by atoms with E-state index in [0.717, 1.165) is 73.0 Å². The first-order valence-electron chi connectivity index (χ1n) is 20.4. The molecule has 2 aliphatic carbocycles. The predicted molar refractivity (Wildman–Crippen MR) is 220 cm³/mol. The molecule has 1 unspecified atom stereocenters. The second-order valence-electron chi connectivity index (χ2n) is 14.9. The molecule has 0 spiro atoms. The van der Waals surface area contributed by atoms with Gasteiger partial charge in [-0.25, -0.2) is 0 Å². The van der Waals surface area contributed by atoms with Crippen LogP contribution in [0.5, 0.6) is 17.2 Å². The Morgan fingerprint density at radius 3 is 2.10 bits per heavy atom. The van der Waals surface area contributed by atoms with Crippen molar-refractivity contribution in [3.63, 3.8) is 0 Å². The number of rotatable bonds is 15. The van der Waals surface area contributed by atoms with Gasteiger partial charge in [-0.05, 0) is 112 Å². The Labute approximate surface area is 342 Å². The number of likely N-dealkylation sites (tertiary alicyclic amines) is 1. The summed E-state index contributed by atoms with van der Waals surface area (Å²) in [5.41, 5.74) is 14.7. The second kappa shape index (κ2) is 16.5. The van der Waals surface area contributed by atoms with Gasteiger partial charge < -0.3 is 43.9 Å². The normalized spacial score (nSPS) is 17.3. The van der Waals surface area contributed by atoms with E-state index in [9.17, 15) is 4.79 Å². The zero-order valence-corrected chi connectivity index (χ0v) is 33.4. The average Bonchev–Trinajstić information content (AvgIpc) is 4.05. The van der Waals surface area contributed by atoms with Gasteiger partial charge in [0.1, 0.15) is 5.75 Å². The van der Waals surface area contributed by atoms with Crippen molar-refractivity contribution in [2.24, 2.45) is 0 Å². The first-order chi connectivity index (χ1) is 28.9. The number of amides is 1. The molecule has 1 amide bonds. The van der Waals surface area contributed by atoms with E-state index in [2.05, 4.69) is 27.8 Å². The molecule has 0 saturated carbocycles. The summed E-state index contributed by atoms with van der Waals surface area (Å²) in [4.78, 5) is 23.8. The number of anilines is 1. The van der Waals surface area contributed by atoms with Gasteiger partial charge in [0.25, 0.3) is 11.8 Å². The Morgan fingerprint density at radius 1 is 0.814 bits per heavy atom. The molecule has 9 rings (SSSR count). The third-order valence-electron chi connectivity index (χ3n) is 11.2. The Hall–Kier alpha value is -6.25. The maximum absolute atomic E-state index is 12.4. The van der Waals surface area contributed by atoms with Crippen LogP contribution in [0.25, 0.3) is 45.7 Å². The molecule has 4 aromatic carbocycles. The number of carbonyl (C=O) groups excluding carboxylic acids is 1. The smallest absolute Gasteiger partial charge is 0.258 e. The van der Waals surface area contributed by atoms with Crippen LogP contribution in [-0.2, 0) is 22.4 Å². The molecule has 1 fully saturated rings. The highest BCUT2D eigenvalue weighted by atomic mass is 16.7. The van der Waals surface area contributed by atoms with Crippen LogP contribution in [0.15, 0.2) is 81.8 Å². The number of hydrogen-bond acceptors (Lipinski definition) is 13. The molecule has 0 radical (unpaired) electrons. The van der Waals surface area contributed by atoms with Gasteiger partial charge in [0.05, 0.1) is 31.5 Å². The number of nitrogens with one attached hydrogen (secondary N) is 1. The third kappa shape index (κ3) is 7.73. The number of nitrogen functional groups attached to an aromatic ring is 1. The summed E-state index contributed by atoms with van der Waals surface area (Å²) < 4.78 is 35.6. The van der Waals surface area contributed by atoms with Crippen molar-refractivity contribution < 1.29 is 32.8 Å². The van der Waals surface area contributed by atoms with Crippen molar-refractivity contribution in [1.82, 2.24) is 30.5 Å². The SMILES string of the molecule is CCOc1ccc(-c2nc(-c3cccc4c3CC[C@H]4OC(C)Oc3ccc(-c4nc(-c5cccc6c5CC[C@H]6NCC(=O)N5CCC5)no4)cc3N)no2)cc1OCC. The van der Waals surface area contributed by atoms with Crippen LogP contribution in [0.1, 0.15) is 74.4 Å². The number of aromatic nitrogens is 4. The number of carbonyl (C=O) groups is 1. The molecule has 3 atom stereocenters. The van der Waals surface area contributed by atoms with Crippen LogP contribution in [0.2, 0.25) is 0 Å². The summed E-state index contributed by atoms with van der Waals surface area (Å²) in [5.74, 6) is 3.72. The van der Waals surface area contributed by atoms with Crippen molar-refractivity contribution in [1.29, 1.82) is 0 Å². The van der Waals surface area contributed by atoms with Crippen LogP contribution in [0, 0.1) is 0 Å². The number of fused-ring (bicyclic) bond motifs is 2. The fourth-order valence-corrected chi connectivity index (χ4v) is 8.24. The first kappa shape index (κ1) is 38.3. The lowest BCUT2D eigenvalue weighted by Crippen LogP contribution is -2.46. The van der Waals surface area contributed by atoms with Crippen molar-refractivity contribution in [3.05, 3.63) is 95.1 Å². The summed E-state index contributed by atoms with van der Waals surface area (Å²) in [6, 6.07) is 23.3. The molecule has 59 heavy (non-hydrogen) atoms. The molecule has 3 N–H and O–H groups in total. The fourth-order valence-electron chi connectivity index (χ4n) is 8.24. The molecule has 1 saturated heterocycles. The summed E-state index contributed by atoms with van der Waals surface area (Å²) in [6.07, 6.45) is 3.62. The van der Waals surface area contributed by atoms with E-state index in [0.29, 0.717) is 71.7 Å². The summed E-state index contributed by atoms with van der Waals surface area (Å²) in [5, 5.41) is 12.1. The molecule has 0 bridgehead atoms. The van der Waals surface area contributed by atoms with Gasteiger partial charge in [0.15, 0.2) is 17.8 Å². The zero-order chi connectivity index (χ0) is 40.5. The minimum atomic E-state index is -0.596. The topological polar surface area (TPSA) is 173 Å². The van der Waals surface area contributed by atoms with Gasteiger partial charge in [-0.3, -0.25) is 4.79 Å². The highest BCUT2D eigenvalue weighted by molar-refractivity contribution is 5.79. The minimum Gasteiger partial charge on any atom is -0.490 e. The predicted octanol–water partition coefficient (Wildman–Crippen LogP) is 7.74. The van der Waals surface area contributed by atoms with Crippen LogP contribution >= 0.6 is 0 Å². The molecule has 3 aliphatic rings. The number of benzene rings is 4. The van der Waals surface area contributed by atoms with Gasteiger partial charge in [-0.2, -0.15) is 9.97 Å². The minimum absolute atomic E-state index is 0.109. The van der Waals surface area contributed by atoms with Gasteiger partial charge in [-0.15, -0.1) is 0 Å². The fraction of sp³-hybridized carbons (Fsp3) is 0.356. The Kier molecular flexibility index (Phi) is 10.7. The standard InChI is InChI=1S/C45H47N7O7/c1-4-54-39-19-14-28(24-40(39)55-5-2)45-49-43(51-59-45)34-12-7-10-32-30(34)16-20-37(32)56-26(3)57-38-18-13-27(23-35(38)46)44-48-42(50-58-44)33-11-6-9-31-29(33)15-17-36(31)47-25-41(53)52-21-8-22-52/h6-7,9-14,18-19,23-24,26,36-37,47H,4-5,8,15-17,20-22,25,46H2,1-3H3/t26?,36-,37-/m1/s1. The third-order valence-corrected chi connectivity index (χ3v) is 11.2. The molecular weight excluding hydrogens is 751 g/mol. The van der Waals surface area contributed by atoms with Gasteiger partial charge in [0.2, 0.25) is 17.6 Å². The van der Waals surface area contributed by atoms with E-state index in [1.807, 2.05) is 74.2 Å². The Bertz CT molecular complexity index is 2480. The summed E-state index contributed by atoms with van der Waals surface area (Å²) >= 11 is 0. The Balaban J connectivity index is 0.841. The van der Waals surface area contributed by atoms with Gasteiger partial charge in [0, 0.05) is 41.4 Å². The van der Waals surface area contributed by atoms with E-state index >= 15 is 0 Å². The lowest BCUT2D eigenvalue weighted by molar-refractivity contribution is -0.133. The van der Waals surface area contributed by atoms with E-state index in [-0.39, 0.29) is 18.1 Å². The van der Waals surface area contributed by atoms with Crippen LogP contribution in [0.4, 0.5) is 5.69 Å². The van der Waals surface area contributed by atoms with Crippen LogP contribution < -0.4 is 25.3 Å². The summed E-state index contributed by atoms with van der Waals surface area (Å²) in [7, 11) is 0. The monoisotopic (exact) mass is 797 g/mol. The van der Waals surface area contributed by atoms with E-state index in [1.54, 1.807) is 12.1 Å². The lowest BCUT2D eigenvalue weighted by Gasteiger charge is -2.31. The van der Waals surface area contributed by atoms with Crippen molar-refractivity contribution >= 4 is 11.6 Å². The van der Waals surface area contributed by atoms with Crippen LogP contribution in [-0.4, -0.2) is 70.2 Å². The molecule has 304 valence electrons. The van der Waals surface area contributed by atoms with E-state index in [1.165, 1.54) is 11.1 Å².